The van der Waals surface area contributed by atoms with Gasteiger partial charge in [-0.3, -0.25) is 14.4 Å². The van der Waals surface area contributed by atoms with Crippen molar-refractivity contribution in [3.63, 3.8) is 0 Å². The minimum atomic E-state index is -4.61. The van der Waals surface area contributed by atoms with Crippen LogP contribution in [0.3, 0.4) is 0 Å². The highest BCUT2D eigenvalue weighted by molar-refractivity contribution is 5.92. The number of amides is 2. The standard InChI is InChI=1S/C17H19F3N2O4/c1-16(15(21)26,11-3-2-4-12(8-11)17(18,19)20)22-13(23)9-5-6-10(7-9)14(24)25/h2-4,8-10H,5-7H2,1H3,(H2,21,26)(H,22,23)(H,24,25)/t9-,10+,16?/m1/s1. The Hall–Kier alpha value is -2.58. The largest absolute Gasteiger partial charge is 0.481 e. The summed E-state index contributed by atoms with van der Waals surface area (Å²) >= 11 is 0. The summed E-state index contributed by atoms with van der Waals surface area (Å²) in [5, 5.41) is 11.4. The van der Waals surface area contributed by atoms with Crippen molar-refractivity contribution in [2.24, 2.45) is 17.6 Å². The zero-order valence-corrected chi connectivity index (χ0v) is 14.0. The van der Waals surface area contributed by atoms with E-state index in [1.54, 1.807) is 0 Å². The summed E-state index contributed by atoms with van der Waals surface area (Å²) < 4.78 is 38.8. The SMILES string of the molecule is CC(NC(=O)[C@@H]1CC[C@H](C(=O)O)C1)(C(N)=O)c1cccc(C(F)(F)F)c1. The van der Waals surface area contributed by atoms with Crippen LogP contribution in [0.1, 0.15) is 37.3 Å². The highest BCUT2D eigenvalue weighted by atomic mass is 19.4. The van der Waals surface area contributed by atoms with E-state index < -0.39 is 46.9 Å². The number of carboxylic acid groups (broad SMARTS) is 1. The minimum Gasteiger partial charge on any atom is -0.481 e. The van der Waals surface area contributed by atoms with Crippen molar-refractivity contribution in [1.82, 2.24) is 5.32 Å². The Balaban J connectivity index is 2.27. The Morgan fingerprint density at radius 1 is 1.15 bits per heavy atom. The fourth-order valence-electron chi connectivity index (χ4n) is 3.07. The third-order valence-corrected chi connectivity index (χ3v) is 4.79. The molecule has 2 rings (SSSR count). The summed E-state index contributed by atoms with van der Waals surface area (Å²) in [5.74, 6) is -3.92. The summed E-state index contributed by atoms with van der Waals surface area (Å²) in [6, 6.07) is 4.01. The van der Waals surface area contributed by atoms with Crippen LogP contribution in [0.5, 0.6) is 0 Å². The molecular formula is C17H19F3N2O4. The van der Waals surface area contributed by atoms with Gasteiger partial charge in [0.25, 0.3) is 0 Å². The summed E-state index contributed by atoms with van der Waals surface area (Å²) in [6.45, 7) is 1.23. The molecule has 1 aromatic rings. The van der Waals surface area contributed by atoms with Crippen LogP contribution in [0.4, 0.5) is 13.2 Å². The first-order valence-electron chi connectivity index (χ1n) is 7.97. The monoisotopic (exact) mass is 372 g/mol. The van der Waals surface area contributed by atoms with E-state index in [0.29, 0.717) is 12.8 Å². The molecule has 9 heteroatoms. The molecule has 6 nitrogen and oxygen atoms in total. The van der Waals surface area contributed by atoms with Crippen LogP contribution in [0.2, 0.25) is 0 Å². The third-order valence-electron chi connectivity index (χ3n) is 4.79. The molecule has 0 aromatic heterocycles. The Bertz CT molecular complexity index is 735. The van der Waals surface area contributed by atoms with Crippen molar-refractivity contribution < 1.29 is 32.7 Å². The smallest absolute Gasteiger partial charge is 0.416 e. The second kappa shape index (κ2) is 6.97. The number of hydrogen-bond acceptors (Lipinski definition) is 3. The maximum atomic E-state index is 12.9. The quantitative estimate of drug-likeness (QED) is 0.734. The molecule has 1 fully saturated rings. The van der Waals surface area contributed by atoms with E-state index >= 15 is 0 Å². The molecule has 142 valence electrons. The molecule has 0 aliphatic heterocycles. The number of alkyl halides is 3. The van der Waals surface area contributed by atoms with Gasteiger partial charge in [0.05, 0.1) is 11.5 Å². The first-order chi connectivity index (χ1) is 11.9. The van der Waals surface area contributed by atoms with Crippen LogP contribution in [-0.2, 0) is 26.1 Å². The molecule has 26 heavy (non-hydrogen) atoms. The van der Waals surface area contributed by atoms with Crippen molar-refractivity contribution in [3.05, 3.63) is 35.4 Å². The number of benzene rings is 1. The fraction of sp³-hybridized carbons (Fsp3) is 0.471. The summed E-state index contributed by atoms with van der Waals surface area (Å²) in [4.78, 5) is 35.4. The number of nitrogens with two attached hydrogens (primary N) is 1. The number of carbonyl (C=O) groups excluding carboxylic acids is 2. The lowest BCUT2D eigenvalue weighted by atomic mass is 9.88. The molecular weight excluding hydrogens is 353 g/mol. The second-order valence-corrected chi connectivity index (χ2v) is 6.60. The van der Waals surface area contributed by atoms with Gasteiger partial charge in [-0.25, -0.2) is 0 Å². The number of nitrogens with one attached hydrogen (secondary N) is 1. The van der Waals surface area contributed by atoms with Gasteiger partial charge in [-0.1, -0.05) is 12.1 Å². The molecule has 0 heterocycles. The van der Waals surface area contributed by atoms with Crippen LogP contribution in [-0.4, -0.2) is 22.9 Å². The van der Waals surface area contributed by atoms with Crippen molar-refractivity contribution in [2.75, 3.05) is 0 Å². The maximum absolute atomic E-state index is 12.9. The average Bonchev–Trinajstić information content (AvgIpc) is 3.04. The molecule has 1 aliphatic carbocycles. The summed E-state index contributed by atoms with van der Waals surface area (Å²) in [6.07, 6.45) is -3.86. The van der Waals surface area contributed by atoms with Gasteiger partial charge in [0.1, 0.15) is 5.54 Å². The number of carboxylic acids is 1. The molecule has 0 saturated heterocycles. The Morgan fingerprint density at radius 3 is 2.23 bits per heavy atom. The van der Waals surface area contributed by atoms with Gasteiger partial charge in [0.15, 0.2) is 0 Å². The molecule has 1 unspecified atom stereocenters. The van der Waals surface area contributed by atoms with E-state index in [9.17, 15) is 27.6 Å². The third kappa shape index (κ3) is 3.97. The predicted octanol–water partition coefficient (Wildman–Crippen LogP) is 2.02. The lowest BCUT2D eigenvalue weighted by Gasteiger charge is -2.30. The average molecular weight is 372 g/mol. The van der Waals surface area contributed by atoms with Gasteiger partial charge in [-0.2, -0.15) is 13.2 Å². The number of aliphatic carboxylic acids is 1. The van der Waals surface area contributed by atoms with Gasteiger partial charge < -0.3 is 16.2 Å². The van der Waals surface area contributed by atoms with Gasteiger partial charge >= 0.3 is 12.1 Å². The van der Waals surface area contributed by atoms with E-state index in [-0.39, 0.29) is 12.0 Å². The van der Waals surface area contributed by atoms with Crippen molar-refractivity contribution in [2.45, 2.75) is 37.9 Å². The van der Waals surface area contributed by atoms with Crippen LogP contribution in [0, 0.1) is 11.8 Å². The van der Waals surface area contributed by atoms with Crippen LogP contribution in [0.15, 0.2) is 24.3 Å². The molecule has 0 spiro atoms. The summed E-state index contributed by atoms with van der Waals surface area (Å²) in [7, 11) is 0. The van der Waals surface area contributed by atoms with Gasteiger partial charge in [0, 0.05) is 5.92 Å². The zero-order chi connectivity index (χ0) is 19.7. The van der Waals surface area contributed by atoms with Crippen molar-refractivity contribution >= 4 is 17.8 Å². The predicted molar refractivity (Wildman–Crippen MR) is 84.6 cm³/mol. The first kappa shape index (κ1) is 19.7. The molecule has 1 aliphatic rings. The van der Waals surface area contributed by atoms with Crippen LogP contribution in [0.25, 0.3) is 0 Å². The van der Waals surface area contributed by atoms with E-state index in [1.807, 2.05) is 0 Å². The fourth-order valence-corrected chi connectivity index (χ4v) is 3.07. The topological polar surface area (TPSA) is 109 Å². The Labute approximate surface area is 147 Å². The van der Waals surface area contributed by atoms with E-state index in [0.717, 1.165) is 18.2 Å². The lowest BCUT2D eigenvalue weighted by molar-refractivity contribution is -0.141. The highest BCUT2D eigenvalue weighted by Crippen LogP contribution is 2.34. The van der Waals surface area contributed by atoms with Gasteiger partial charge in [-0.15, -0.1) is 0 Å². The number of hydrogen-bond donors (Lipinski definition) is 3. The Morgan fingerprint density at radius 2 is 1.73 bits per heavy atom. The van der Waals surface area contributed by atoms with E-state index in [1.165, 1.54) is 13.0 Å². The normalized spacial score (nSPS) is 22.5. The van der Waals surface area contributed by atoms with Crippen LogP contribution < -0.4 is 11.1 Å². The number of rotatable bonds is 5. The molecule has 1 saturated carbocycles. The van der Waals surface area contributed by atoms with Crippen molar-refractivity contribution in [1.29, 1.82) is 0 Å². The van der Waals surface area contributed by atoms with Crippen LogP contribution >= 0.6 is 0 Å². The number of carbonyl (C=O) groups is 3. The van der Waals surface area contributed by atoms with Gasteiger partial charge in [-0.05, 0) is 43.9 Å². The number of primary amides is 1. The van der Waals surface area contributed by atoms with Crippen molar-refractivity contribution in [3.8, 4) is 0 Å². The second-order valence-electron chi connectivity index (χ2n) is 6.60. The van der Waals surface area contributed by atoms with E-state index in [4.69, 9.17) is 10.8 Å². The lowest BCUT2D eigenvalue weighted by Crippen LogP contribution is -2.54. The first-order valence-corrected chi connectivity index (χ1v) is 7.97. The zero-order valence-electron chi connectivity index (χ0n) is 14.0. The molecule has 3 atom stereocenters. The molecule has 0 bridgehead atoms. The molecule has 4 N–H and O–H groups in total. The highest BCUT2D eigenvalue weighted by Gasteiger charge is 2.41. The van der Waals surface area contributed by atoms with Gasteiger partial charge in [0.2, 0.25) is 11.8 Å². The molecule has 2 amide bonds. The number of halogens is 3. The Kier molecular flexibility index (Phi) is 5.29. The summed E-state index contributed by atoms with van der Waals surface area (Å²) in [5.41, 5.74) is 2.44. The molecule has 1 aromatic carbocycles. The van der Waals surface area contributed by atoms with E-state index in [2.05, 4.69) is 5.32 Å². The minimum absolute atomic E-state index is 0.0963. The molecule has 0 radical (unpaired) electrons. The maximum Gasteiger partial charge on any atom is 0.416 e.